The molecule has 0 aliphatic carbocycles. The number of benzene rings is 1. The van der Waals surface area contributed by atoms with Crippen molar-refractivity contribution in [1.29, 1.82) is 0 Å². The SMILES string of the molecule is CCNC(Cc1c(F)cccc1Cl)C1=CCCO1. The molecule has 1 aromatic carbocycles. The molecule has 0 spiro atoms. The van der Waals surface area contributed by atoms with Gasteiger partial charge in [-0.15, -0.1) is 0 Å². The van der Waals surface area contributed by atoms with Gasteiger partial charge in [-0.3, -0.25) is 0 Å². The first-order valence-corrected chi connectivity index (χ1v) is 6.59. The summed E-state index contributed by atoms with van der Waals surface area (Å²) in [6.07, 6.45) is 3.48. The predicted molar refractivity (Wildman–Crippen MR) is 71.2 cm³/mol. The minimum Gasteiger partial charge on any atom is -0.496 e. The lowest BCUT2D eigenvalue weighted by atomic mass is 10.0. The number of hydrogen-bond donors (Lipinski definition) is 1. The molecule has 0 radical (unpaired) electrons. The standard InChI is InChI=1S/C14H17ClFNO/c1-2-17-13(14-7-4-8-18-14)9-10-11(15)5-3-6-12(10)16/h3,5-7,13,17H,2,4,8-9H2,1H3. The van der Waals surface area contributed by atoms with Gasteiger partial charge < -0.3 is 10.1 Å². The van der Waals surface area contributed by atoms with Crippen LogP contribution in [0.2, 0.25) is 5.02 Å². The summed E-state index contributed by atoms with van der Waals surface area (Å²) >= 11 is 6.05. The van der Waals surface area contributed by atoms with Crippen molar-refractivity contribution < 1.29 is 9.13 Å². The summed E-state index contributed by atoms with van der Waals surface area (Å²) in [7, 11) is 0. The molecule has 1 unspecified atom stereocenters. The van der Waals surface area contributed by atoms with Crippen LogP contribution in [0.25, 0.3) is 0 Å². The average molecular weight is 270 g/mol. The summed E-state index contributed by atoms with van der Waals surface area (Å²) in [6.45, 7) is 3.53. The molecule has 0 fully saturated rings. The average Bonchev–Trinajstić information content (AvgIpc) is 2.86. The molecule has 18 heavy (non-hydrogen) atoms. The summed E-state index contributed by atoms with van der Waals surface area (Å²) in [5.41, 5.74) is 0.543. The molecule has 0 amide bonds. The van der Waals surface area contributed by atoms with E-state index in [2.05, 4.69) is 11.4 Å². The van der Waals surface area contributed by atoms with Gasteiger partial charge in [-0.2, -0.15) is 0 Å². The van der Waals surface area contributed by atoms with Gasteiger partial charge in [0.25, 0.3) is 0 Å². The van der Waals surface area contributed by atoms with E-state index in [1.54, 1.807) is 12.1 Å². The number of rotatable bonds is 5. The van der Waals surface area contributed by atoms with Crippen molar-refractivity contribution in [2.24, 2.45) is 0 Å². The van der Waals surface area contributed by atoms with Gasteiger partial charge in [0.2, 0.25) is 0 Å². The molecule has 0 aromatic heterocycles. The summed E-state index contributed by atoms with van der Waals surface area (Å²) in [6, 6.07) is 4.77. The van der Waals surface area contributed by atoms with Gasteiger partial charge >= 0.3 is 0 Å². The second-order valence-electron chi connectivity index (χ2n) is 4.26. The van der Waals surface area contributed by atoms with Crippen LogP contribution in [0.5, 0.6) is 0 Å². The second kappa shape index (κ2) is 6.21. The Balaban J connectivity index is 2.18. The lowest BCUT2D eigenvalue weighted by molar-refractivity contribution is 0.214. The molecule has 1 aliphatic rings. The van der Waals surface area contributed by atoms with Crippen LogP contribution in [0.3, 0.4) is 0 Å². The van der Waals surface area contributed by atoms with Crippen molar-refractivity contribution >= 4 is 11.6 Å². The van der Waals surface area contributed by atoms with Crippen LogP contribution in [0.1, 0.15) is 18.9 Å². The summed E-state index contributed by atoms with van der Waals surface area (Å²) in [5.74, 6) is 0.639. The van der Waals surface area contributed by atoms with Crippen LogP contribution < -0.4 is 5.32 Å². The van der Waals surface area contributed by atoms with Gasteiger partial charge in [-0.05, 0) is 31.2 Å². The quantitative estimate of drug-likeness (QED) is 0.886. The zero-order chi connectivity index (χ0) is 13.0. The third kappa shape index (κ3) is 3.03. The van der Waals surface area contributed by atoms with E-state index in [0.717, 1.165) is 18.7 Å². The van der Waals surface area contributed by atoms with E-state index in [0.29, 0.717) is 23.6 Å². The normalized spacial score (nSPS) is 16.3. The van der Waals surface area contributed by atoms with Crippen LogP contribution in [-0.2, 0) is 11.2 Å². The summed E-state index contributed by atoms with van der Waals surface area (Å²) in [4.78, 5) is 0. The Morgan fingerprint density at radius 3 is 2.94 bits per heavy atom. The van der Waals surface area contributed by atoms with E-state index in [4.69, 9.17) is 16.3 Å². The first-order chi connectivity index (χ1) is 8.72. The minimum absolute atomic E-state index is 0.00750. The van der Waals surface area contributed by atoms with Crippen LogP contribution >= 0.6 is 11.6 Å². The Bertz CT molecular complexity index is 427. The molecule has 1 aliphatic heterocycles. The van der Waals surface area contributed by atoms with Crippen LogP contribution in [0.15, 0.2) is 30.0 Å². The Kier molecular flexibility index (Phi) is 4.61. The molecular formula is C14H17ClFNO. The van der Waals surface area contributed by atoms with Crippen molar-refractivity contribution in [1.82, 2.24) is 5.32 Å². The summed E-state index contributed by atoms with van der Waals surface area (Å²) in [5, 5.41) is 3.78. The lowest BCUT2D eigenvalue weighted by Gasteiger charge is -2.20. The minimum atomic E-state index is -0.260. The first-order valence-electron chi connectivity index (χ1n) is 6.21. The smallest absolute Gasteiger partial charge is 0.127 e. The Hall–Kier alpha value is -1.06. The lowest BCUT2D eigenvalue weighted by Crippen LogP contribution is -2.33. The maximum absolute atomic E-state index is 13.8. The van der Waals surface area contributed by atoms with Gasteiger partial charge in [-0.1, -0.05) is 24.6 Å². The molecule has 0 saturated carbocycles. The highest BCUT2D eigenvalue weighted by atomic mass is 35.5. The van der Waals surface area contributed by atoms with Gasteiger partial charge in [0.05, 0.1) is 12.6 Å². The van der Waals surface area contributed by atoms with Crippen molar-refractivity contribution in [3.05, 3.63) is 46.4 Å². The first kappa shape index (κ1) is 13.4. The van der Waals surface area contributed by atoms with Gasteiger partial charge in [0.1, 0.15) is 11.6 Å². The third-order valence-corrected chi connectivity index (χ3v) is 3.35. The van der Waals surface area contributed by atoms with Crippen molar-refractivity contribution in [3.63, 3.8) is 0 Å². The van der Waals surface area contributed by atoms with Crippen molar-refractivity contribution in [2.45, 2.75) is 25.8 Å². The topological polar surface area (TPSA) is 21.3 Å². The molecule has 1 atom stereocenters. The fourth-order valence-corrected chi connectivity index (χ4v) is 2.37. The van der Waals surface area contributed by atoms with Crippen LogP contribution in [0, 0.1) is 5.82 Å². The number of ether oxygens (including phenoxy) is 1. The molecule has 2 rings (SSSR count). The monoisotopic (exact) mass is 269 g/mol. The number of hydrogen-bond acceptors (Lipinski definition) is 2. The number of likely N-dealkylation sites (N-methyl/N-ethyl adjacent to an activating group) is 1. The predicted octanol–water partition coefficient (Wildman–Crippen LogP) is 3.30. The zero-order valence-electron chi connectivity index (χ0n) is 10.4. The van der Waals surface area contributed by atoms with Crippen LogP contribution in [0.4, 0.5) is 4.39 Å². The molecule has 0 bridgehead atoms. The molecule has 4 heteroatoms. The highest BCUT2D eigenvalue weighted by Gasteiger charge is 2.21. The maximum Gasteiger partial charge on any atom is 0.127 e. The molecule has 1 heterocycles. The summed E-state index contributed by atoms with van der Waals surface area (Å²) < 4.78 is 19.3. The zero-order valence-corrected chi connectivity index (χ0v) is 11.1. The molecule has 2 nitrogen and oxygen atoms in total. The molecule has 1 N–H and O–H groups in total. The highest BCUT2D eigenvalue weighted by molar-refractivity contribution is 6.31. The van der Waals surface area contributed by atoms with E-state index in [1.807, 2.05) is 6.92 Å². The van der Waals surface area contributed by atoms with Gasteiger partial charge in [-0.25, -0.2) is 4.39 Å². The highest BCUT2D eigenvalue weighted by Crippen LogP contribution is 2.24. The van der Waals surface area contributed by atoms with E-state index in [9.17, 15) is 4.39 Å². The fourth-order valence-electron chi connectivity index (χ4n) is 2.13. The van der Waals surface area contributed by atoms with Gasteiger partial charge in [0.15, 0.2) is 0 Å². The molecule has 1 aromatic rings. The molecular weight excluding hydrogens is 253 g/mol. The van der Waals surface area contributed by atoms with Crippen molar-refractivity contribution in [2.75, 3.05) is 13.2 Å². The largest absolute Gasteiger partial charge is 0.496 e. The van der Waals surface area contributed by atoms with E-state index < -0.39 is 0 Å². The number of nitrogens with one attached hydrogen (secondary N) is 1. The van der Waals surface area contributed by atoms with E-state index >= 15 is 0 Å². The Labute approximate surface area is 112 Å². The molecule has 0 saturated heterocycles. The fraction of sp³-hybridized carbons (Fsp3) is 0.429. The van der Waals surface area contributed by atoms with E-state index in [1.165, 1.54) is 6.07 Å². The maximum atomic E-state index is 13.8. The molecule has 98 valence electrons. The Morgan fingerprint density at radius 2 is 2.33 bits per heavy atom. The van der Waals surface area contributed by atoms with E-state index in [-0.39, 0.29) is 11.9 Å². The van der Waals surface area contributed by atoms with Crippen LogP contribution in [-0.4, -0.2) is 19.2 Å². The third-order valence-electron chi connectivity index (χ3n) is 3.00. The van der Waals surface area contributed by atoms with Crippen molar-refractivity contribution in [3.8, 4) is 0 Å². The van der Waals surface area contributed by atoms with Gasteiger partial charge in [0, 0.05) is 17.0 Å². The Morgan fingerprint density at radius 1 is 1.50 bits per heavy atom. The number of halogens is 2. The second-order valence-corrected chi connectivity index (χ2v) is 4.67.